The SMILES string of the molecule is COc1ccc(/C=N/NC(=O)C(=O)Nc2cccc(Cl)c2C)cc1COc1ccccc1Cl. The normalized spacial score (nSPS) is 10.7. The number of rotatable bonds is 7. The predicted molar refractivity (Wildman–Crippen MR) is 129 cm³/mol. The highest BCUT2D eigenvalue weighted by atomic mass is 35.5. The number of nitrogens with one attached hydrogen (secondary N) is 2. The Morgan fingerprint density at radius 3 is 2.48 bits per heavy atom. The molecular weight excluding hydrogens is 465 g/mol. The lowest BCUT2D eigenvalue weighted by Crippen LogP contribution is -2.32. The van der Waals surface area contributed by atoms with Gasteiger partial charge in [0.15, 0.2) is 0 Å². The van der Waals surface area contributed by atoms with Gasteiger partial charge >= 0.3 is 11.8 Å². The Hall–Kier alpha value is -3.55. The predicted octanol–water partition coefficient (Wildman–Crippen LogP) is 4.98. The Bertz CT molecular complexity index is 1200. The zero-order valence-corrected chi connectivity index (χ0v) is 19.4. The van der Waals surface area contributed by atoms with Crippen LogP contribution >= 0.6 is 23.2 Å². The van der Waals surface area contributed by atoms with Crippen molar-refractivity contribution in [2.45, 2.75) is 13.5 Å². The van der Waals surface area contributed by atoms with Crippen LogP contribution in [0.25, 0.3) is 0 Å². The number of halogens is 2. The molecule has 0 aliphatic rings. The molecule has 2 N–H and O–H groups in total. The molecule has 0 heterocycles. The number of carbonyl (C=O) groups excluding carboxylic acids is 2. The number of carbonyl (C=O) groups is 2. The Labute approximate surface area is 201 Å². The van der Waals surface area contributed by atoms with Crippen LogP contribution in [0, 0.1) is 6.92 Å². The van der Waals surface area contributed by atoms with Gasteiger partial charge in [0.1, 0.15) is 18.1 Å². The van der Waals surface area contributed by atoms with Gasteiger partial charge in [-0.3, -0.25) is 9.59 Å². The van der Waals surface area contributed by atoms with Gasteiger partial charge in [-0.05, 0) is 60.5 Å². The molecule has 0 aromatic heterocycles. The first-order valence-corrected chi connectivity index (χ1v) is 10.6. The van der Waals surface area contributed by atoms with E-state index in [9.17, 15) is 9.59 Å². The number of methoxy groups -OCH3 is 1. The van der Waals surface area contributed by atoms with Crippen molar-refractivity contribution in [3.63, 3.8) is 0 Å². The molecule has 3 aromatic rings. The first kappa shape index (κ1) is 24.1. The van der Waals surface area contributed by atoms with Gasteiger partial charge in [-0.1, -0.05) is 41.4 Å². The molecule has 0 spiro atoms. The summed E-state index contributed by atoms with van der Waals surface area (Å²) in [5.41, 5.74) is 4.73. The summed E-state index contributed by atoms with van der Waals surface area (Å²) < 4.78 is 11.2. The minimum absolute atomic E-state index is 0.211. The van der Waals surface area contributed by atoms with E-state index in [2.05, 4.69) is 15.8 Å². The van der Waals surface area contributed by atoms with Crippen LogP contribution in [0.2, 0.25) is 10.0 Å². The summed E-state index contributed by atoms with van der Waals surface area (Å²) in [5, 5.41) is 7.36. The molecule has 0 unspecified atom stereocenters. The smallest absolute Gasteiger partial charge is 0.329 e. The van der Waals surface area contributed by atoms with Crippen LogP contribution in [0.3, 0.4) is 0 Å². The lowest BCUT2D eigenvalue weighted by atomic mass is 10.1. The van der Waals surface area contributed by atoms with Crippen LogP contribution < -0.4 is 20.2 Å². The Morgan fingerprint density at radius 2 is 1.73 bits per heavy atom. The van der Waals surface area contributed by atoms with Gasteiger partial charge in [0.25, 0.3) is 0 Å². The molecular formula is C24H21Cl2N3O4. The van der Waals surface area contributed by atoms with Crippen molar-refractivity contribution in [2.24, 2.45) is 5.10 Å². The average molecular weight is 486 g/mol. The highest BCUT2D eigenvalue weighted by Crippen LogP contribution is 2.26. The van der Waals surface area contributed by atoms with Crippen molar-refractivity contribution in [1.29, 1.82) is 0 Å². The molecule has 170 valence electrons. The van der Waals surface area contributed by atoms with Crippen molar-refractivity contribution in [3.8, 4) is 11.5 Å². The van der Waals surface area contributed by atoms with E-state index in [0.29, 0.717) is 38.4 Å². The first-order chi connectivity index (χ1) is 15.9. The van der Waals surface area contributed by atoms with Crippen LogP contribution in [-0.2, 0) is 16.2 Å². The van der Waals surface area contributed by atoms with Gasteiger partial charge in [-0.2, -0.15) is 5.10 Å². The maximum absolute atomic E-state index is 12.1. The number of amides is 2. The summed E-state index contributed by atoms with van der Waals surface area (Å²) in [5.74, 6) is -0.601. The maximum Gasteiger partial charge on any atom is 0.329 e. The van der Waals surface area contributed by atoms with E-state index in [1.54, 1.807) is 62.6 Å². The fourth-order valence-electron chi connectivity index (χ4n) is 2.85. The third kappa shape index (κ3) is 6.47. The third-order valence-electron chi connectivity index (χ3n) is 4.63. The molecule has 0 saturated heterocycles. The van der Waals surface area contributed by atoms with Gasteiger partial charge in [0.2, 0.25) is 0 Å². The van der Waals surface area contributed by atoms with E-state index in [-0.39, 0.29) is 6.61 Å². The van der Waals surface area contributed by atoms with Gasteiger partial charge in [-0.25, -0.2) is 5.43 Å². The van der Waals surface area contributed by atoms with Crippen LogP contribution in [0.4, 0.5) is 5.69 Å². The minimum Gasteiger partial charge on any atom is -0.496 e. The highest BCUT2D eigenvalue weighted by molar-refractivity contribution is 6.40. The van der Waals surface area contributed by atoms with E-state index in [0.717, 1.165) is 5.56 Å². The number of anilines is 1. The quantitative estimate of drug-likeness (QED) is 0.280. The lowest BCUT2D eigenvalue weighted by molar-refractivity contribution is -0.136. The molecule has 9 heteroatoms. The second kappa shape index (κ2) is 11.4. The summed E-state index contributed by atoms with van der Waals surface area (Å²) >= 11 is 12.2. The highest BCUT2D eigenvalue weighted by Gasteiger charge is 2.14. The zero-order chi connectivity index (χ0) is 23.8. The Balaban J connectivity index is 1.62. The van der Waals surface area contributed by atoms with Gasteiger partial charge in [-0.15, -0.1) is 0 Å². The van der Waals surface area contributed by atoms with Crippen molar-refractivity contribution in [3.05, 3.63) is 87.4 Å². The monoisotopic (exact) mass is 485 g/mol. The van der Waals surface area contributed by atoms with Gasteiger partial charge in [0, 0.05) is 16.3 Å². The second-order valence-corrected chi connectivity index (χ2v) is 7.67. The fraction of sp³-hybridized carbons (Fsp3) is 0.125. The number of hydrogen-bond acceptors (Lipinski definition) is 5. The van der Waals surface area contributed by atoms with Crippen LogP contribution in [0.5, 0.6) is 11.5 Å². The maximum atomic E-state index is 12.1. The summed E-state index contributed by atoms with van der Waals surface area (Å²) in [6.45, 7) is 1.95. The summed E-state index contributed by atoms with van der Waals surface area (Å²) in [7, 11) is 1.56. The van der Waals surface area contributed by atoms with Gasteiger partial charge < -0.3 is 14.8 Å². The standard InChI is InChI=1S/C24H21Cl2N3O4/c1-15-18(25)7-5-8-20(15)28-23(30)24(31)29-27-13-16-10-11-21(32-2)17(12-16)14-33-22-9-4-3-6-19(22)26/h3-13H,14H2,1-2H3,(H,28,30)(H,29,31)/b27-13+. The number of nitrogens with zero attached hydrogens (tertiary/aromatic N) is 1. The molecule has 0 atom stereocenters. The van der Waals surface area contributed by atoms with E-state index >= 15 is 0 Å². The Morgan fingerprint density at radius 1 is 0.970 bits per heavy atom. The summed E-state index contributed by atoms with van der Waals surface area (Å²) in [6.07, 6.45) is 1.41. The van der Waals surface area contributed by atoms with Crippen molar-refractivity contribution >= 4 is 46.9 Å². The largest absolute Gasteiger partial charge is 0.496 e. The van der Waals surface area contributed by atoms with Crippen LogP contribution in [0.15, 0.2) is 65.8 Å². The molecule has 33 heavy (non-hydrogen) atoms. The van der Waals surface area contributed by atoms with Crippen LogP contribution in [-0.4, -0.2) is 25.1 Å². The van der Waals surface area contributed by atoms with Crippen molar-refractivity contribution < 1.29 is 19.1 Å². The lowest BCUT2D eigenvalue weighted by Gasteiger charge is -2.12. The molecule has 3 rings (SSSR count). The molecule has 0 saturated carbocycles. The summed E-state index contributed by atoms with van der Waals surface area (Å²) in [6, 6.07) is 17.5. The topological polar surface area (TPSA) is 89.0 Å². The van der Waals surface area contributed by atoms with E-state index in [1.807, 2.05) is 12.1 Å². The number of para-hydroxylation sites is 1. The van der Waals surface area contributed by atoms with Crippen molar-refractivity contribution in [1.82, 2.24) is 5.43 Å². The van der Waals surface area contributed by atoms with Crippen molar-refractivity contribution in [2.75, 3.05) is 12.4 Å². The van der Waals surface area contributed by atoms with E-state index < -0.39 is 11.8 Å². The van der Waals surface area contributed by atoms with Crippen LogP contribution in [0.1, 0.15) is 16.7 Å². The molecule has 0 aliphatic carbocycles. The minimum atomic E-state index is -0.915. The third-order valence-corrected chi connectivity index (χ3v) is 5.35. The molecule has 0 radical (unpaired) electrons. The Kier molecular flexibility index (Phi) is 8.29. The molecule has 2 amide bonds. The first-order valence-electron chi connectivity index (χ1n) is 9.82. The number of hydrazone groups is 1. The number of hydrogen-bond donors (Lipinski definition) is 2. The molecule has 0 aliphatic heterocycles. The number of benzene rings is 3. The number of ether oxygens (including phenoxy) is 2. The molecule has 0 fully saturated rings. The summed E-state index contributed by atoms with van der Waals surface area (Å²) in [4.78, 5) is 24.2. The second-order valence-electron chi connectivity index (χ2n) is 6.86. The molecule has 7 nitrogen and oxygen atoms in total. The fourth-order valence-corrected chi connectivity index (χ4v) is 3.21. The van der Waals surface area contributed by atoms with Gasteiger partial charge in [0.05, 0.1) is 18.3 Å². The molecule has 3 aromatic carbocycles. The van der Waals surface area contributed by atoms with E-state index in [1.165, 1.54) is 6.21 Å². The van der Waals surface area contributed by atoms with E-state index in [4.69, 9.17) is 32.7 Å². The average Bonchev–Trinajstić information content (AvgIpc) is 2.81. The zero-order valence-electron chi connectivity index (χ0n) is 17.9. The molecule has 0 bridgehead atoms.